The van der Waals surface area contributed by atoms with E-state index in [1.807, 2.05) is 24.8 Å². The van der Waals surface area contributed by atoms with Crippen LogP contribution in [0.2, 0.25) is 0 Å². The van der Waals surface area contributed by atoms with Gasteiger partial charge < -0.3 is 10.0 Å². The number of carbonyl (C=O) groups is 1. The lowest BCUT2D eigenvalue weighted by Crippen LogP contribution is -2.66. The topological polar surface area (TPSA) is 80.5 Å². The van der Waals surface area contributed by atoms with Gasteiger partial charge >= 0.3 is 0 Å². The fourth-order valence-corrected chi connectivity index (χ4v) is 5.78. The van der Waals surface area contributed by atoms with Crippen LogP contribution in [0.5, 0.6) is 0 Å². The number of hydrogen-bond donors (Lipinski definition) is 1. The smallest absolute Gasteiger partial charge is 0.239 e. The van der Waals surface area contributed by atoms with Crippen LogP contribution in [-0.4, -0.2) is 51.7 Å². The molecular weight excluding hydrogens is 420 g/mol. The minimum Gasteiger partial charge on any atom is -0.392 e. The Morgan fingerprint density at radius 3 is 2.71 bits per heavy atom. The zero-order valence-corrected chi connectivity index (χ0v) is 17.9. The van der Waals surface area contributed by atoms with Crippen LogP contribution in [0.3, 0.4) is 0 Å². The first-order chi connectivity index (χ1) is 13.2. The van der Waals surface area contributed by atoms with E-state index in [-0.39, 0.29) is 23.5 Å². The van der Waals surface area contributed by atoms with E-state index >= 15 is 0 Å². The fraction of sp³-hybridized carbons (Fsp3) is 0.667. The number of halogens is 1. The van der Waals surface area contributed by atoms with Gasteiger partial charge in [0, 0.05) is 48.1 Å². The highest BCUT2D eigenvalue weighted by molar-refractivity contribution is 9.10. The van der Waals surface area contributed by atoms with Gasteiger partial charge in [-0.1, -0.05) is 0 Å². The van der Waals surface area contributed by atoms with E-state index in [1.165, 1.54) is 0 Å². The summed E-state index contributed by atoms with van der Waals surface area (Å²) >= 11 is 3.48. The summed E-state index contributed by atoms with van der Waals surface area (Å²) in [5.41, 5.74) is 0.531. The van der Waals surface area contributed by atoms with Crippen molar-refractivity contribution in [3.05, 3.63) is 22.4 Å². The molecule has 1 aromatic rings. The largest absolute Gasteiger partial charge is 0.392 e. The van der Waals surface area contributed by atoms with Crippen molar-refractivity contribution in [2.75, 3.05) is 18.0 Å². The van der Waals surface area contributed by atoms with Crippen LogP contribution in [0.1, 0.15) is 51.6 Å². The molecule has 2 saturated carbocycles. The Morgan fingerprint density at radius 2 is 2.07 bits per heavy atom. The van der Waals surface area contributed by atoms with E-state index < -0.39 is 11.0 Å². The maximum atomic E-state index is 13.2. The number of aliphatic hydroxyl groups is 1. The summed E-state index contributed by atoms with van der Waals surface area (Å²) in [4.78, 5) is 21.9. The Balaban J connectivity index is 1.40. The van der Waals surface area contributed by atoms with Crippen LogP contribution in [0, 0.1) is 16.7 Å². The Hall–Kier alpha value is -1.49. The van der Waals surface area contributed by atoms with E-state index in [1.54, 1.807) is 6.20 Å². The van der Waals surface area contributed by atoms with Crippen molar-refractivity contribution in [2.45, 2.75) is 69.1 Å². The normalized spacial score (nSPS) is 35.4. The number of amides is 1. The van der Waals surface area contributed by atoms with Crippen molar-refractivity contribution in [1.82, 2.24) is 9.88 Å². The maximum absolute atomic E-state index is 13.2. The first kappa shape index (κ1) is 18.5. The first-order valence-corrected chi connectivity index (χ1v) is 10.9. The second-order valence-corrected chi connectivity index (χ2v) is 10.5. The molecule has 0 aromatic carbocycles. The van der Waals surface area contributed by atoms with Gasteiger partial charge in [0.15, 0.2) is 0 Å². The van der Waals surface area contributed by atoms with E-state index in [0.29, 0.717) is 12.8 Å². The van der Waals surface area contributed by atoms with Gasteiger partial charge in [0.2, 0.25) is 5.91 Å². The van der Waals surface area contributed by atoms with Crippen LogP contribution in [-0.2, 0) is 10.2 Å². The molecule has 1 N–H and O–H groups in total. The van der Waals surface area contributed by atoms with Crippen LogP contribution in [0.25, 0.3) is 0 Å². The molecule has 7 heteroatoms. The molecule has 1 unspecified atom stereocenters. The average Bonchev–Trinajstić information content (AvgIpc) is 3.36. The molecule has 3 fully saturated rings. The van der Waals surface area contributed by atoms with Crippen LogP contribution in [0.4, 0.5) is 5.69 Å². The molecule has 1 atom stereocenters. The number of nitriles is 1. The van der Waals surface area contributed by atoms with E-state index in [4.69, 9.17) is 0 Å². The Morgan fingerprint density at radius 1 is 1.36 bits per heavy atom. The maximum Gasteiger partial charge on any atom is 0.239 e. The molecule has 0 bridgehead atoms. The summed E-state index contributed by atoms with van der Waals surface area (Å²) in [6.07, 6.45) is 5.68. The number of pyridine rings is 1. The summed E-state index contributed by atoms with van der Waals surface area (Å²) < 4.78 is 0.855. The third-order valence-electron chi connectivity index (χ3n) is 7.54. The zero-order chi connectivity index (χ0) is 19.9. The van der Waals surface area contributed by atoms with Crippen LogP contribution >= 0.6 is 15.9 Å². The molecule has 3 heterocycles. The standard InChI is InChI=1S/C21H25BrN4O2/c1-19(2)17-15(7-13(22)10-24-17)26(18(19)28)14-8-21(9-14,11-23)25-6-3-16(27)20(12-25)4-5-20/h7,10,14,16,27H,3-6,8-9,12H2,1-2H3/t14-,16?,21+. The van der Waals surface area contributed by atoms with E-state index in [9.17, 15) is 15.2 Å². The van der Waals surface area contributed by atoms with Gasteiger partial charge in [-0.25, -0.2) is 0 Å². The molecule has 4 aliphatic rings. The lowest BCUT2D eigenvalue weighted by Gasteiger charge is -2.55. The Kier molecular flexibility index (Phi) is 3.82. The number of anilines is 1. The predicted octanol–water partition coefficient (Wildman–Crippen LogP) is 2.74. The number of aromatic nitrogens is 1. The summed E-state index contributed by atoms with van der Waals surface area (Å²) in [5, 5.41) is 20.4. The molecule has 28 heavy (non-hydrogen) atoms. The number of aliphatic hydroxyl groups excluding tert-OH is 1. The molecule has 148 valence electrons. The molecule has 6 nitrogen and oxygen atoms in total. The van der Waals surface area contributed by atoms with Crippen LogP contribution < -0.4 is 4.90 Å². The van der Waals surface area contributed by atoms with Crippen LogP contribution in [0.15, 0.2) is 16.7 Å². The van der Waals surface area contributed by atoms with Crippen molar-refractivity contribution in [2.24, 2.45) is 5.41 Å². The second kappa shape index (κ2) is 5.78. The third-order valence-corrected chi connectivity index (χ3v) is 7.98. The zero-order valence-electron chi connectivity index (χ0n) is 16.3. The number of piperidine rings is 1. The summed E-state index contributed by atoms with van der Waals surface area (Å²) in [6.45, 7) is 5.41. The minimum absolute atomic E-state index is 0.0139. The molecule has 1 aromatic heterocycles. The van der Waals surface area contributed by atoms with Crippen molar-refractivity contribution in [3.8, 4) is 6.07 Å². The van der Waals surface area contributed by atoms with Gasteiger partial charge in [0.25, 0.3) is 0 Å². The quantitative estimate of drug-likeness (QED) is 0.758. The molecule has 5 rings (SSSR count). The first-order valence-electron chi connectivity index (χ1n) is 10.1. The molecule has 1 spiro atoms. The monoisotopic (exact) mass is 444 g/mol. The molecule has 1 amide bonds. The van der Waals surface area contributed by atoms with Crippen molar-refractivity contribution in [3.63, 3.8) is 0 Å². The molecule has 2 aliphatic heterocycles. The number of carbonyl (C=O) groups excluding carboxylic acids is 1. The third kappa shape index (κ3) is 2.38. The van der Waals surface area contributed by atoms with E-state index in [0.717, 1.165) is 48.2 Å². The highest BCUT2D eigenvalue weighted by Crippen LogP contribution is 2.56. The van der Waals surface area contributed by atoms with Crippen molar-refractivity contribution in [1.29, 1.82) is 5.26 Å². The minimum atomic E-state index is -0.645. The fourth-order valence-electron chi connectivity index (χ4n) is 5.46. The number of hydrogen-bond acceptors (Lipinski definition) is 5. The number of rotatable bonds is 2. The molecular formula is C21H25BrN4O2. The number of fused-ring (bicyclic) bond motifs is 1. The van der Waals surface area contributed by atoms with Gasteiger partial charge in [-0.2, -0.15) is 5.26 Å². The summed E-state index contributed by atoms with van der Waals surface area (Å²) in [5.74, 6) is 0.0670. The lowest BCUT2D eigenvalue weighted by atomic mass is 9.70. The van der Waals surface area contributed by atoms with Gasteiger partial charge in [-0.3, -0.25) is 14.7 Å². The number of likely N-dealkylation sites (tertiary alicyclic amines) is 1. The van der Waals surface area contributed by atoms with Gasteiger partial charge in [-0.05, 0) is 55.1 Å². The van der Waals surface area contributed by atoms with Gasteiger partial charge in [0.1, 0.15) is 5.54 Å². The summed E-state index contributed by atoms with van der Waals surface area (Å²) in [6, 6.07) is 4.56. The Bertz CT molecular complexity index is 898. The average molecular weight is 445 g/mol. The van der Waals surface area contributed by atoms with Gasteiger partial charge in [-0.15, -0.1) is 0 Å². The SMILES string of the molecule is CC1(C)C(=O)N([C@H]2C[C@@](C#N)(N3CCC(O)C4(CC4)C3)C2)c2cc(Br)cnc21. The van der Waals surface area contributed by atoms with Crippen molar-refractivity contribution < 1.29 is 9.90 Å². The number of nitrogens with zero attached hydrogens (tertiary/aromatic N) is 4. The molecule has 0 radical (unpaired) electrons. The Labute approximate surface area is 173 Å². The lowest BCUT2D eigenvalue weighted by molar-refractivity contribution is -0.123. The highest BCUT2D eigenvalue weighted by atomic mass is 79.9. The van der Waals surface area contributed by atoms with E-state index in [2.05, 4.69) is 31.9 Å². The van der Waals surface area contributed by atoms with Crippen molar-refractivity contribution >= 4 is 27.5 Å². The second-order valence-electron chi connectivity index (χ2n) is 9.62. The molecule has 1 saturated heterocycles. The van der Waals surface area contributed by atoms with Gasteiger partial charge in [0.05, 0.1) is 29.0 Å². The molecule has 2 aliphatic carbocycles. The predicted molar refractivity (Wildman–Crippen MR) is 108 cm³/mol. The highest BCUT2D eigenvalue weighted by Gasteiger charge is 2.61. The summed E-state index contributed by atoms with van der Waals surface area (Å²) in [7, 11) is 0.